The van der Waals surface area contributed by atoms with Gasteiger partial charge in [-0.25, -0.2) is 9.67 Å². The van der Waals surface area contributed by atoms with E-state index in [0.29, 0.717) is 5.69 Å². The van der Waals surface area contributed by atoms with E-state index in [2.05, 4.69) is 20.7 Å². The summed E-state index contributed by atoms with van der Waals surface area (Å²) in [6.07, 6.45) is 2.96. The second-order valence-electron chi connectivity index (χ2n) is 5.54. The Labute approximate surface area is 163 Å². The monoisotopic (exact) mass is 400 g/mol. The van der Waals surface area contributed by atoms with Gasteiger partial charge in [0.15, 0.2) is 0 Å². The number of benzene rings is 2. The number of anilines is 1. The van der Waals surface area contributed by atoms with Gasteiger partial charge in [0.1, 0.15) is 17.7 Å². The maximum Gasteiger partial charge on any atom is 0.288 e. The topological polar surface area (TPSA) is 132 Å². The van der Waals surface area contributed by atoms with Crippen LogP contribution in [0.3, 0.4) is 0 Å². The molecule has 2 amide bonds. The summed E-state index contributed by atoms with van der Waals surface area (Å²) < 4.78 is 1.57. The summed E-state index contributed by atoms with van der Waals surface area (Å²) in [7, 11) is 0. The molecule has 2 N–H and O–H groups in total. The van der Waals surface area contributed by atoms with Crippen LogP contribution in [0.25, 0.3) is 5.69 Å². The van der Waals surface area contributed by atoms with Crippen molar-refractivity contribution in [2.45, 2.75) is 0 Å². The SMILES string of the molecule is O=C(CNC(=O)c1ccc(Cl)c([N+](=O)[O-])c1)Nc1ccc(-n2cncn2)cc1. The van der Waals surface area contributed by atoms with Gasteiger partial charge >= 0.3 is 0 Å². The zero-order valence-corrected chi connectivity index (χ0v) is 15.0. The highest BCUT2D eigenvalue weighted by Gasteiger charge is 2.16. The summed E-state index contributed by atoms with van der Waals surface area (Å²) >= 11 is 5.71. The minimum Gasteiger partial charge on any atom is -0.343 e. The van der Waals surface area contributed by atoms with Gasteiger partial charge in [0.25, 0.3) is 11.6 Å². The molecule has 3 aromatic rings. The van der Waals surface area contributed by atoms with Crippen molar-refractivity contribution < 1.29 is 14.5 Å². The fourth-order valence-corrected chi connectivity index (χ4v) is 2.49. The third-order valence-electron chi connectivity index (χ3n) is 3.65. The number of nitrogens with one attached hydrogen (secondary N) is 2. The Balaban J connectivity index is 1.56. The van der Waals surface area contributed by atoms with Gasteiger partial charge in [0.2, 0.25) is 5.91 Å². The Morgan fingerprint density at radius 2 is 1.93 bits per heavy atom. The second-order valence-corrected chi connectivity index (χ2v) is 5.95. The minimum atomic E-state index is -0.686. The largest absolute Gasteiger partial charge is 0.343 e. The van der Waals surface area contributed by atoms with Crippen molar-refractivity contribution in [3.63, 3.8) is 0 Å². The number of rotatable bonds is 6. The predicted octanol–water partition coefficient (Wildman–Crippen LogP) is 2.20. The number of hydrogen-bond acceptors (Lipinski definition) is 6. The maximum atomic E-state index is 12.1. The molecule has 0 saturated carbocycles. The Bertz CT molecular complexity index is 1020. The number of carbonyl (C=O) groups excluding carboxylic acids is 2. The van der Waals surface area contributed by atoms with E-state index in [1.54, 1.807) is 35.3 Å². The lowest BCUT2D eigenvalue weighted by Gasteiger charge is -2.08. The Kier molecular flexibility index (Phi) is 5.61. The van der Waals surface area contributed by atoms with Gasteiger partial charge in [-0.2, -0.15) is 5.10 Å². The molecule has 0 bridgehead atoms. The highest BCUT2D eigenvalue weighted by Crippen LogP contribution is 2.24. The van der Waals surface area contributed by atoms with Gasteiger partial charge in [-0.05, 0) is 36.4 Å². The summed E-state index contributed by atoms with van der Waals surface area (Å²) in [6, 6.07) is 10.5. The lowest BCUT2D eigenvalue weighted by molar-refractivity contribution is -0.384. The van der Waals surface area contributed by atoms with E-state index in [9.17, 15) is 19.7 Å². The molecule has 0 spiro atoms. The van der Waals surface area contributed by atoms with Crippen molar-refractivity contribution >= 4 is 34.8 Å². The van der Waals surface area contributed by atoms with E-state index in [0.717, 1.165) is 11.8 Å². The van der Waals surface area contributed by atoms with E-state index >= 15 is 0 Å². The summed E-state index contributed by atoms with van der Waals surface area (Å²) in [6.45, 7) is -0.305. The third kappa shape index (κ3) is 4.48. The summed E-state index contributed by atoms with van der Waals surface area (Å²) in [5.74, 6) is -1.08. The average Bonchev–Trinajstić information content (AvgIpc) is 3.21. The van der Waals surface area contributed by atoms with Gasteiger partial charge in [0.05, 0.1) is 17.2 Å². The fourth-order valence-electron chi connectivity index (χ4n) is 2.30. The first-order valence-corrected chi connectivity index (χ1v) is 8.29. The van der Waals surface area contributed by atoms with Gasteiger partial charge < -0.3 is 10.6 Å². The van der Waals surface area contributed by atoms with Crippen LogP contribution in [0.4, 0.5) is 11.4 Å². The summed E-state index contributed by atoms with van der Waals surface area (Å²) in [4.78, 5) is 38.1. The van der Waals surface area contributed by atoms with E-state index in [1.807, 2.05) is 0 Å². The molecule has 0 aliphatic heterocycles. The van der Waals surface area contributed by atoms with Gasteiger partial charge in [-0.15, -0.1) is 0 Å². The quantitative estimate of drug-likeness (QED) is 0.481. The van der Waals surface area contributed by atoms with Gasteiger partial charge in [0, 0.05) is 17.3 Å². The predicted molar refractivity (Wildman–Crippen MR) is 100 cm³/mol. The van der Waals surface area contributed by atoms with Crippen molar-refractivity contribution in [1.82, 2.24) is 20.1 Å². The average molecular weight is 401 g/mol. The first kappa shape index (κ1) is 19.0. The van der Waals surface area contributed by atoms with Crippen LogP contribution >= 0.6 is 11.6 Å². The van der Waals surface area contributed by atoms with E-state index in [1.165, 1.54) is 18.5 Å². The molecule has 1 aromatic heterocycles. The number of nitrogens with zero attached hydrogens (tertiary/aromatic N) is 4. The number of amides is 2. The molecule has 0 radical (unpaired) electrons. The van der Waals surface area contributed by atoms with Crippen LogP contribution in [-0.4, -0.2) is 38.0 Å². The van der Waals surface area contributed by atoms with E-state index in [4.69, 9.17) is 11.6 Å². The number of nitro groups is 1. The van der Waals surface area contributed by atoms with Crippen LogP contribution in [0.1, 0.15) is 10.4 Å². The lowest BCUT2D eigenvalue weighted by atomic mass is 10.2. The molecule has 0 aliphatic carbocycles. The molecule has 10 nitrogen and oxygen atoms in total. The third-order valence-corrected chi connectivity index (χ3v) is 3.97. The Morgan fingerprint density at radius 1 is 1.18 bits per heavy atom. The molecule has 0 saturated heterocycles. The first-order chi connectivity index (χ1) is 13.4. The van der Waals surface area contributed by atoms with E-state index < -0.39 is 16.7 Å². The minimum absolute atomic E-state index is 0.0288. The van der Waals surface area contributed by atoms with Gasteiger partial charge in [-0.1, -0.05) is 11.6 Å². The smallest absolute Gasteiger partial charge is 0.288 e. The molecule has 28 heavy (non-hydrogen) atoms. The molecule has 2 aromatic carbocycles. The first-order valence-electron chi connectivity index (χ1n) is 7.91. The molecule has 0 aliphatic rings. The summed E-state index contributed by atoms with van der Waals surface area (Å²) in [5.41, 5.74) is 0.950. The molecule has 3 rings (SSSR count). The molecule has 1 heterocycles. The van der Waals surface area contributed by atoms with Crippen LogP contribution in [0, 0.1) is 10.1 Å². The van der Waals surface area contributed by atoms with Crippen molar-refractivity contribution in [3.8, 4) is 5.69 Å². The van der Waals surface area contributed by atoms with Crippen molar-refractivity contribution in [3.05, 3.63) is 75.8 Å². The van der Waals surface area contributed by atoms with Crippen molar-refractivity contribution in [2.75, 3.05) is 11.9 Å². The van der Waals surface area contributed by atoms with Crippen molar-refractivity contribution in [1.29, 1.82) is 0 Å². The number of aromatic nitrogens is 3. The molecule has 0 atom stereocenters. The maximum absolute atomic E-state index is 12.1. The number of hydrogen-bond donors (Lipinski definition) is 2. The van der Waals surface area contributed by atoms with Crippen molar-refractivity contribution in [2.24, 2.45) is 0 Å². The van der Waals surface area contributed by atoms with E-state index in [-0.39, 0.29) is 22.8 Å². The molecular weight excluding hydrogens is 388 g/mol. The van der Waals surface area contributed by atoms with Crippen LogP contribution in [0.5, 0.6) is 0 Å². The number of halogens is 1. The molecule has 142 valence electrons. The molecule has 11 heteroatoms. The zero-order valence-electron chi connectivity index (χ0n) is 14.2. The Morgan fingerprint density at radius 3 is 2.57 bits per heavy atom. The van der Waals surface area contributed by atoms with Crippen LogP contribution in [0.15, 0.2) is 55.1 Å². The highest BCUT2D eigenvalue weighted by atomic mass is 35.5. The second kappa shape index (κ2) is 8.27. The molecular formula is C17H13ClN6O4. The van der Waals surface area contributed by atoms with Crippen LogP contribution < -0.4 is 10.6 Å². The van der Waals surface area contributed by atoms with Gasteiger partial charge in [-0.3, -0.25) is 19.7 Å². The summed E-state index contributed by atoms with van der Waals surface area (Å²) in [5, 5.41) is 19.8. The molecule has 0 unspecified atom stereocenters. The standard InChI is InChI=1S/C17H13ClN6O4/c18-14-6-1-11(7-15(14)24(27)28)17(26)20-8-16(25)22-12-2-4-13(5-3-12)23-10-19-9-21-23/h1-7,9-10H,8H2,(H,20,26)(H,22,25). The fraction of sp³-hybridized carbons (Fsp3) is 0.0588. The van der Waals surface area contributed by atoms with Crippen LogP contribution in [0.2, 0.25) is 5.02 Å². The lowest BCUT2D eigenvalue weighted by Crippen LogP contribution is -2.32. The highest BCUT2D eigenvalue weighted by molar-refractivity contribution is 6.32. The molecule has 0 fully saturated rings. The number of nitro benzene ring substituents is 1. The van der Waals surface area contributed by atoms with Crippen LogP contribution in [-0.2, 0) is 4.79 Å². The zero-order chi connectivity index (χ0) is 20.1. The number of carbonyl (C=O) groups is 2. The normalized spacial score (nSPS) is 10.3. The Hall–Kier alpha value is -3.79.